The molecule has 0 bridgehead atoms. The van der Waals surface area contributed by atoms with Gasteiger partial charge in [-0.05, 0) is 98.1 Å². The van der Waals surface area contributed by atoms with Gasteiger partial charge in [-0.3, -0.25) is 0 Å². The fraction of sp³-hybridized carbons (Fsp3) is 0.700. The van der Waals surface area contributed by atoms with E-state index in [0.29, 0.717) is 11.0 Å². The summed E-state index contributed by atoms with van der Waals surface area (Å²) in [5, 5.41) is 0. The molecule has 23 heavy (non-hydrogen) atoms. The van der Waals surface area contributed by atoms with Gasteiger partial charge in [-0.1, -0.05) is 6.92 Å². The molecule has 1 spiro atoms. The predicted molar refractivity (Wildman–Crippen MR) is 84.6 cm³/mol. The van der Waals surface area contributed by atoms with Gasteiger partial charge >= 0.3 is 0 Å². The van der Waals surface area contributed by atoms with Crippen molar-refractivity contribution < 1.29 is 13.2 Å². The Hall–Kier alpha value is -0.990. The van der Waals surface area contributed by atoms with Crippen molar-refractivity contribution in [3.63, 3.8) is 0 Å². The van der Waals surface area contributed by atoms with Gasteiger partial charge in [0.05, 0.1) is 0 Å². The Morgan fingerprint density at radius 3 is 1.91 bits per heavy atom. The Kier molecular flexibility index (Phi) is 3.73. The maximum absolute atomic E-state index is 13.4. The molecule has 126 valence electrons. The molecular formula is C20H25F3. The van der Waals surface area contributed by atoms with E-state index >= 15 is 0 Å². The lowest BCUT2D eigenvalue weighted by molar-refractivity contribution is -0.0874. The van der Waals surface area contributed by atoms with Crippen LogP contribution in [0.4, 0.5) is 13.2 Å². The lowest BCUT2D eigenvalue weighted by Crippen LogP contribution is -2.49. The summed E-state index contributed by atoms with van der Waals surface area (Å²) in [6.07, 6.45) is 9.94. The highest BCUT2D eigenvalue weighted by Gasteiger charge is 2.53. The highest BCUT2D eigenvalue weighted by atomic mass is 19.2. The average Bonchev–Trinajstić information content (AvgIpc) is 2.47. The third kappa shape index (κ3) is 2.70. The van der Waals surface area contributed by atoms with Crippen LogP contribution >= 0.6 is 0 Å². The molecule has 0 atom stereocenters. The third-order valence-electron chi connectivity index (χ3n) is 6.87. The normalized spacial score (nSPS) is 39.8. The van der Waals surface area contributed by atoms with Crippen LogP contribution in [0, 0.1) is 40.6 Å². The number of hydrogen-bond donors (Lipinski definition) is 0. The molecule has 0 radical (unpaired) electrons. The van der Waals surface area contributed by atoms with Crippen LogP contribution in [-0.4, -0.2) is 0 Å². The zero-order valence-electron chi connectivity index (χ0n) is 13.8. The fourth-order valence-electron chi connectivity index (χ4n) is 5.87. The zero-order chi connectivity index (χ0) is 16.2. The molecule has 0 aromatic heterocycles. The van der Waals surface area contributed by atoms with Crippen LogP contribution in [0.5, 0.6) is 0 Å². The van der Waals surface area contributed by atoms with E-state index in [0.717, 1.165) is 43.4 Å². The molecule has 3 saturated carbocycles. The van der Waals surface area contributed by atoms with Crippen molar-refractivity contribution in [2.45, 2.75) is 64.2 Å². The van der Waals surface area contributed by atoms with Gasteiger partial charge in [-0.2, -0.15) is 0 Å². The molecule has 0 amide bonds. The Morgan fingerprint density at radius 2 is 1.39 bits per heavy atom. The van der Waals surface area contributed by atoms with Crippen LogP contribution in [0.15, 0.2) is 12.1 Å². The second-order valence-electron chi connectivity index (χ2n) is 8.59. The third-order valence-corrected chi connectivity index (χ3v) is 6.87. The molecular weight excluding hydrogens is 297 g/mol. The maximum Gasteiger partial charge on any atom is 0.194 e. The molecule has 0 saturated heterocycles. The first kappa shape index (κ1) is 15.5. The number of hydrogen-bond acceptors (Lipinski definition) is 0. The van der Waals surface area contributed by atoms with E-state index in [1.807, 2.05) is 0 Å². The standard InChI is InChI=1S/C20H25F3/c1-12-8-20(9-12)10-16(11-20)14-4-2-13(3-5-14)15-6-17(21)19(23)18(22)7-15/h6-7,12-14,16H,2-5,8-11H2,1H3/t12?,13-,14-,16?,20?. The summed E-state index contributed by atoms with van der Waals surface area (Å²) in [6, 6.07) is 2.38. The first-order valence-corrected chi connectivity index (χ1v) is 9.10. The molecule has 0 heterocycles. The molecule has 3 heteroatoms. The summed E-state index contributed by atoms with van der Waals surface area (Å²) in [6.45, 7) is 2.35. The summed E-state index contributed by atoms with van der Waals surface area (Å²) in [7, 11) is 0. The van der Waals surface area contributed by atoms with Crippen molar-refractivity contribution in [1.29, 1.82) is 0 Å². The molecule has 1 aromatic rings. The van der Waals surface area contributed by atoms with Crippen LogP contribution < -0.4 is 0 Å². The number of rotatable bonds is 2. The lowest BCUT2D eigenvalue weighted by Gasteiger charge is -2.59. The van der Waals surface area contributed by atoms with Crippen molar-refractivity contribution in [1.82, 2.24) is 0 Å². The van der Waals surface area contributed by atoms with Crippen LogP contribution in [0.2, 0.25) is 0 Å². The van der Waals surface area contributed by atoms with Gasteiger partial charge in [0.15, 0.2) is 17.5 Å². The summed E-state index contributed by atoms with van der Waals surface area (Å²) in [5.74, 6) is -0.669. The monoisotopic (exact) mass is 322 g/mol. The Balaban J connectivity index is 1.33. The molecule has 0 nitrogen and oxygen atoms in total. The van der Waals surface area contributed by atoms with Crippen LogP contribution in [0.25, 0.3) is 0 Å². The van der Waals surface area contributed by atoms with Crippen LogP contribution in [0.3, 0.4) is 0 Å². The smallest absolute Gasteiger partial charge is 0.194 e. The van der Waals surface area contributed by atoms with Gasteiger partial charge in [0.1, 0.15) is 0 Å². The van der Waals surface area contributed by atoms with Crippen LogP contribution in [0.1, 0.15) is 69.8 Å². The van der Waals surface area contributed by atoms with E-state index in [2.05, 4.69) is 6.92 Å². The van der Waals surface area contributed by atoms with E-state index in [1.165, 1.54) is 37.8 Å². The first-order valence-electron chi connectivity index (χ1n) is 9.10. The molecule has 4 rings (SSSR count). The molecule has 3 fully saturated rings. The van der Waals surface area contributed by atoms with E-state index in [1.54, 1.807) is 0 Å². The summed E-state index contributed by atoms with van der Waals surface area (Å²) >= 11 is 0. The molecule has 0 aliphatic heterocycles. The van der Waals surface area contributed by atoms with E-state index in [9.17, 15) is 13.2 Å². The highest BCUT2D eigenvalue weighted by Crippen LogP contribution is 2.64. The van der Waals surface area contributed by atoms with Gasteiger partial charge in [0, 0.05) is 0 Å². The lowest BCUT2D eigenvalue weighted by atomic mass is 9.46. The highest BCUT2D eigenvalue weighted by molar-refractivity contribution is 5.23. The second kappa shape index (κ2) is 5.53. The SMILES string of the molecule is CC1CC2(C1)CC([C@H]1CC[C@H](c3cc(F)c(F)c(F)c3)CC1)C2. The topological polar surface area (TPSA) is 0 Å². The van der Waals surface area contributed by atoms with Crippen molar-refractivity contribution >= 4 is 0 Å². The van der Waals surface area contributed by atoms with E-state index < -0.39 is 17.5 Å². The maximum atomic E-state index is 13.4. The minimum atomic E-state index is -1.35. The fourth-order valence-corrected chi connectivity index (χ4v) is 5.87. The van der Waals surface area contributed by atoms with Crippen molar-refractivity contribution in [3.8, 4) is 0 Å². The molecule has 0 unspecified atom stereocenters. The summed E-state index contributed by atoms with van der Waals surface area (Å²) in [4.78, 5) is 0. The molecule has 3 aliphatic carbocycles. The van der Waals surface area contributed by atoms with Crippen LogP contribution in [-0.2, 0) is 0 Å². The van der Waals surface area contributed by atoms with Gasteiger partial charge in [0.2, 0.25) is 0 Å². The van der Waals surface area contributed by atoms with Crippen molar-refractivity contribution in [2.75, 3.05) is 0 Å². The molecule has 1 aromatic carbocycles. The summed E-state index contributed by atoms with van der Waals surface area (Å²) in [5.41, 5.74) is 1.34. The molecule has 0 N–H and O–H groups in total. The zero-order valence-corrected chi connectivity index (χ0v) is 13.8. The second-order valence-corrected chi connectivity index (χ2v) is 8.59. The van der Waals surface area contributed by atoms with Gasteiger partial charge in [-0.15, -0.1) is 0 Å². The van der Waals surface area contributed by atoms with Crippen molar-refractivity contribution in [2.24, 2.45) is 23.2 Å². The first-order chi connectivity index (χ1) is 11.0. The summed E-state index contributed by atoms with van der Waals surface area (Å²) < 4.78 is 39.9. The Bertz CT molecular complexity index is 564. The van der Waals surface area contributed by atoms with E-state index in [4.69, 9.17) is 0 Å². The minimum Gasteiger partial charge on any atom is -0.204 e. The van der Waals surface area contributed by atoms with Gasteiger partial charge in [0.25, 0.3) is 0 Å². The molecule has 3 aliphatic rings. The number of halogens is 3. The van der Waals surface area contributed by atoms with Crippen molar-refractivity contribution in [3.05, 3.63) is 35.1 Å². The number of benzene rings is 1. The Morgan fingerprint density at radius 1 is 0.826 bits per heavy atom. The quantitative estimate of drug-likeness (QED) is 0.568. The van der Waals surface area contributed by atoms with Gasteiger partial charge < -0.3 is 0 Å². The Labute approximate surface area is 136 Å². The van der Waals surface area contributed by atoms with Gasteiger partial charge in [-0.25, -0.2) is 13.2 Å². The predicted octanol–water partition coefficient (Wildman–Crippen LogP) is 6.20. The minimum absolute atomic E-state index is 0.189. The van der Waals surface area contributed by atoms with E-state index in [-0.39, 0.29) is 5.92 Å². The largest absolute Gasteiger partial charge is 0.204 e. The average molecular weight is 322 g/mol.